The van der Waals surface area contributed by atoms with Crippen molar-refractivity contribution in [2.45, 2.75) is 12.5 Å². The molecule has 1 aromatic carbocycles. The van der Waals surface area contributed by atoms with Crippen molar-refractivity contribution in [1.82, 2.24) is 4.57 Å². The fourth-order valence-corrected chi connectivity index (χ4v) is 2.64. The van der Waals surface area contributed by atoms with Crippen molar-refractivity contribution in [3.05, 3.63) is 53.6 Å². The number of hydrogen-bond acceptors (Lipinski definition) is 2. The SMILES string of the molecule is CSCC[C@@H](C(=O)Nc1ccc(F)c(Cl)c1)n1cccc1. The number of hydrogen-bond donors (Lipinski definition) is 1. The highest BCUT2D eigenvalue weighted by molar-refractivity contribution is 7.98. The van der Waals surface area contributed by atoms with E-state index >= 15 is 0 Å². The molecule has 1 aromatic heterocycles. The van der Waals surface area contributed by atoms with Gasteiger partial charge in [-0.2, -0.15) is 11.8 Å². The van der Waals surface area contributed by atoms with Crippen LogP contribution in [0.2, 0.25) is 5.02 Å². The molecular weight excluding hydrogens is 311 g/mol. The molecule has 0 radical (unpaired) electrons. The molecule has 21 heavy (non-hydrogen) atoms. The second-order valence-electron chi connectivity index (χ2n) is 4.55. The van der Waals surface area contributed by atoms with Gasteiger partial charge in [0.1, 0.15) is 11.9 Å². The molecule has 0 aliphatic heterocycles. The van der Waals surface area contributed by atoms with E-state index in [1.165, 1.54) is 18.2 Å². The van der Waals surface area contributed by atoms with Gasteiger partial charge in [0, 0.05) is 18.1 Å². The second kappa shape index (κ2) is 7.52. The van der Waals surface area contributed by atoms with Crippen molar-refractivity contribution in [3.8, 4) is 0 Å². The second-order valence-corrected chi connectivity index (χ2v) is 5.94. The number of halogens is 2. The Morgan fingerprint density at radius 1 is 1.43 bits per heavy atom. The van der Waals surface area contributed by atoms with E-state index in [1.807, 2.05) is 35.3 Å². The van der Waals surface area contributed by atoms with Gasteiger partial charge in [-0.1, -0.05) is 11.6 Å². The lowest BCUT2D eigenvalue weighted by Gasteiger charge is -2.18. The minimum absolute atomic E-state index is 0.00516. The highest BCUT2D eigenvalue weighted by atomic mass is 35.5. The maximum Gasteiger partial charge on any atom is 0.247 e. The van der Waals surface area contributed by atoms with Gasteiger partial charge < -0.3 is 9.88 Å². The number of rotatable bonds is 6. The molecule has 1 atom stereocenters. The van der Waals surface area contributed by atoms with Crippen LogP contribution in [0.4, 0.5) is 10.1 Å². The molecule has 6 heteroatoms. The van der Waals surface area contributed by atoms with Crippen LogP contribution in [0, 0.1) is 5.82 Å². The van der Waals surface area contributed by atoms with Gasteiger partial charge in [-0.05, 0) is 48.8 Å². The third kappa shape index (κ3) is 4.25. The van der Waals surface area contributed by atoms with Gasteiger partial charge in [-0.15, -0.1) is 0 Å². The molecule has 0 fully saturated rings. The number of nitrogens with zero attached hydrogens (tertiary/aromatic N) is 1. The van der Waals surface area contributed by atoms with Crippen LogP contribution in [-0.4, -0.2) is 22.5 Å². The largest absolute Gasteiger partial charge is 0.342 e. The average molecular weight is 327 g/mol. The van der Waals surface area contributed by atoms with Gasteiger partial charge in [-0.3, -0.25) is 4.79 Å². The first-order valence-corrected chi connectivity index (χ1v) is 8.26. The molecule has 1 N–H and O–H groups in total. The Bertz CT molecular complexity index is 604. The molecule has 0 bridgehead atoms. The molecule has 0 aliphatic rings. The number of carbonyl (C=O) groups excluding carboxylic acids is 1. The Morgan fingerprint density at radius 3 is 2.76 bits per heavy atom. The lowest BCUT2D eigenvalue weighted by atomic mass is 10.2. The molecule has 2 aromatic rings. The molecule has 1 amide bonds. The lowest BCUT2D eigenvalue weighted by Crippen LogP contribution is -2.25. The normalized spacial score (nSPS) is 12.1. The molecule has 0 saturated carbocycles. The summed E-state index contributed by atoms with van der Waals surface area (Å²) < 4.78 is 15.0. The predicted octanol–water partition coefficient (Wildman–Crippen LogP) is 4.21. The first-order valence-electron chi connectivity index (χ1n) is 6.49. The van der Waals surface area contributed by atoms with E-state index in [1.54, 1.807) is 11.8 Å². The molecule has 0 aliphatic carbocycles. The number of amides is 1. The van der Waals surface area contributed by atoms with Crippen LogP contribution in [0.15, 0.2) is 42.7 Å². The van der Waals surface area contributed by atoms with E-state index in [9.17, 15) is 9.18 Å². The van der Waals surface area contributed by atoms with Crippen molar-refractivity contribution in [1.29, 1.82) is 0 Å². The molecular formula is C15H16ClFN2OS. The summed E-state index contributed by atoms with van der Waals surface area (Å²) in [6, 6.07) is 7.62. The fourth-order valence-electron chi connectivity index (χ4n) is 2.00. The maximum atomic E-state index is 13.1. The summed E-state index contributed by atoms with van der Waals surface area (Å²) in [5, 5.41) is 2.78. The number of aromatic nitrogens is 1. The zero-order valence-corrected chi connectivity index (χ0v) is 13.1. The van der Waals surface area contributed by atoms with Crippen LogP contribution in [0.5, 0.6) is 0 Å². The zero-order valence-electron chi connectivity index (χ0n) is 11.6. The minimum atomic E-state index is -0.501. The first-order chi connectivity index (χ1) is 10.1. The maximum absolute atomic E-state index is 13.1. The van der Waals surface area contributed by atoms with Crippen LogP contribution >= 0.6 is 23.4 Å². The number of carbonyl (C=O) groups is 1. The molecule has 112 valence electrons. The standard InChI is InChI=1S/C15H16ClFN2OS/c1-21-9-6-14(19-7-2-3-8-19)15(20)18-11-4-5-13(17)12(16)10-11/h2-5,7-8,10,14H,6,9H2,1H3,(H,18,20)/t14-/m0/s1. The smallest absolute Gasteiger partial charge is 0.247 e. The van der Waals surface area contributed by atoms with Gasteiger partial charge in [0.05, 0.1) is 5.02 Å². The average Bonchev–Trinajstić information content (AvgIpc) is 2.97. The van der Waals surface area contributed by atoms with Crippen molar-refractivity contribution in [3.63, 3.8) is 0 Å². The summed E-state index contributed by atoms with van der Waals surface area (Å²) >= 11 is 7.42. The van der Waals surface area contributed by atoms with Crippen LogP contribution in [0.1, 0.15) is 12.5 Å². The Hall–Kier alpha value is -1.46. The quantitative estimate of drug-likeness (QED) is 0.862. The zero-order chi connectivity index (χ0) is 15.2. The summed E-state index contributed by atoms with van der Waals surface area (Å²) in [4.78, 5) is 12.4. The summed E-state index contributed by atoms with van der Waals surface area (Å²) in [6.07, 6.45) is 6.45. The molecule has 0 spiro atoms. The summed E-state index contributed by atoms with van der Waals surface area (Å²) in [7, 11) is 0. The van der Waals surface area contributed by atoms with Crippen molar-refractivity contribution < 1.29 is 9.18 Å². The summed E-state index contributed by atoms with van der Waals surface area (Å²) in [5.41, 5.74) is 0.493. The third-order valence-electron chi connectivity index (χ3n) is 3.07. The molecule has 1 heterocycles. The van der Waals surface area contributed by atoms with E-state index in [-0.39, 0.29) is 17.0 Å². The van der Waals surface area contributed by atoms with Gasteiger partial charge in [0.25, 0.3) is 0 Å². The number of anilines is 1. The highest BCUT2D eigenvalue weighted by Gasteiger charge is 2.19. The monoisotopic (exact) mass is 326 g/mol. The minimum Gasteiger partial charge on any atom is -0.342 e. The summed E-state index contributed by atoms with van der Waals surface area (Å²) in [6.45, 7) is 0. The topological polar surface area (TPSA) is 34.0 Å². The van der Waals surface area contributed by atoms with Gasteiger partial charge >= 0.3 is 0 Å². The van der Waals surface area contributed by atoms with Crippen molar-refractivity contribution >= 4 is 35.0 Å². The molecule has 0 unspecified atom stereocenters. The van der Waals surface area contributed by atoms with Crippen LogP contribution in [0.3, 0.4) is 0 Å². The number of thioether (sulfide) groups is 1. The Kier molecular flexibility index (Phi) is 5.70. The predicted molar refractivity (Wildman–Crippen MR) is 86.5 cm³/mol. The molecule has 2 rings (SSSR count). The highest BCUT2D eigenvalue weighted by Crippen LogP contribution is 2.22. The molecule has 3 nitrogen and oxygen atoms in total. The Labute approximate surface area is 132 Å². The van der Waals surface area contributed by atoms with E-state index in [4.69, 9.17) is 11.6 Å². The van der Waals surface area contributed by atoms with Gasteiger partial charge in [0.2, 0.25) is 5.91 Å². The number of benzene rings is 1. The fraction of sp³-hybridized carbons (Fsp3) is 0.267. The third-order valence-corrected chi connectivity index (χ3v) is 4.01. The van der Waals surface area contributed by atoms with Crippen molar-refractivity contribution in [2.75, 3.05) is 17.3 Å². The van der Waals surface area contributed by atoms with Gasteiger partial charge in [0.15, 0.2) is 0 Å². The Morgan fingerprint density at radius 2 is 2.14 bits per heavy atom. The van der Waals surface area contributed by atoms with E-state index < -0.39 is 5.82 Å². The van der Waals surface area contributed by atoms with E-state index in [2.05, 4.69) is 5.32 Å². The number of nitrogens with one attached hydrogen (secondary N) is 1. The lowest BCUT2D eigenvalue weighted by molar-refractivity contribution is -0.119. The molecule has 0 saturated heterocycles. The van der Waals surface area contributed by atoms with Crippen LogP contribution in [-0.2, 0) is 4.79 Å². The summed E-state index contributed by atoms with van der Waals surface area (Å²) in [5.74, 6) is 0.238. The Balaban J connectivity index is 2.12. The van der Waals surface area contributed by atoms with E-state index in [0.29, 0.717) is 5.69 Å². The van der Waals surface area contributed by atoms with E-state index in [0.717, 1.165) is 12.2 Å². The van der Waals surface area contributed by atoms with Crippen LogP contribution < -0.4 is 5.32 Å². The van der Waals surface area contributed by atoms with Gasteiger partial charge in [-0.25, -0.2) is 4.39 Å². The van der Waals surface area contributed by atoms with Crippen LogP contribution in [0.25, 0.3) is 0 Å². The first kappa shape index (κ1) is 15.9. The van der Waals surface area contributed by atoms with Crippen molar-refractivity contribution in [2.24, 2.45) is 0 Å².